The zero-order valence-electron chi connectivity index (χ0n) is 8.68. The third-order valence-corrected chi connectivity index (χ3v) is 3.50. The predicted molar refractivity (Wildman–Crippen MR) is 78.3 cm³/mol. The van der Waals surface area contributed by atoms with E-state index in [1.807, 2.05) is 12.1 Å². The predicted octanol–water partition coefficient (Wildman–Crippen LogP) is 5.08. The number of nitrogens with two attached hydrogens (primary N) is 1. The van der Waals surface area contributed by atoms with Gasteiger partial charge in [0, 0.05) is 10.2 Å². The Balaban J connectivity index is 2.38. The lowest BCUT2D eigenvalue weighted by Gasteiger charge is -2.12. The second kappa shape index (κ2) is 5.17. The molecule has 2 rings (SSSR count). The van der Waals surface area contributed by atoms with Gasteiger partial charge < -0.3 is 11.1 Å². The highest BCUT2D eigenvalue weighted by Crippen LogP contribution is 2.35. The van der Waals surface area contributed by atoms with Crippen LogP contribution in [0.1, 0.15) is 0 Å². The highest BCUT2D eigenvalue weighted by Gasteiger charge is 2.07. The maximum atomic E-state index is 6.08. The molecule has 0 saturated carbocycles. The molecule has 0 atom stereocenters. The van der Waals surface area contributed by atoms with Crippen molar-refractivity contribution in [2.24, 2.45) is 0 Å². The summed E-state index contributed by atoms with van der Waals surface area (Å²) in [4.78, 5) is 0. The molecule has 0 unspecified atom stereocenters. The lowest BCUT2D eigenvalue weighted by atomic mass is 10.2. The van der Waals surface area contributed by atoms with Crippen LogP contribution in [0.15, 0.2) is 40.9 Å². The van der Waals surface area contributed by atoms with Crippen molar-refractivity contribution in [2.45, 2.75) is 0 Å². The molecule has 0 heterocycles. The van der Waals surface area contributed by atoms with Gasteiger partial charge in [-0.15, -0.1) is 0 Å². The minimum absolute atomic E-state index is 0.571. The molecule has 88 valence electrons. The number of hydrogen-bond acceptors (Lipinski definition) is 2. The molecular weight excluding hydrogens is 323 g/mol. The monoisotopic (exact) mass is 330 g/mol. The molecule has 0 spiro atoms. The van der Waals surface area contributed by atoms with E-state index in [4.69, 9.17) is 28.9 Å². The van der Waals surface area contributed by atoms with Gasteiger partial charge in [-0.2, -0.15) is 0 Å². The number of nitrogens with one attached hydrogen (secondary N) is 1. The summed E-state index contributed by atoms with van der Waals surface area (Å²) in [5.74, 6) is 0. The largest absolute Gasteiger partial charge is 0.399 e. The summed E-state index contributed by atoms with van der Waals surface area (Å²) < 4.78 is 0.855. The van der Waals surface area contributed by atoms with Crippen molar-refractivity contribution >= 4 is 56.2 Å². The van der Waals surface area contributed by atoms with Crippen molar-refractivity contribution in [2.75, 3.05) is 11.1 Å². The minimum atomic E-state index is 0.571. The maximum absolute atomic E-state index is 6.08. The molecule has 0 aliphatic rings. The molecule has 2 nitrogen and oxygen atoms in total. The first-order valence-electron chi connectivity index (χ1n) is 4.84. The van der Waals surface area contributed by atoms with Crippen LogP contribution in [0.5, 0.6) is 0 Å². The van der Waals surface area contributed by atoms with E-state index in [1.54, 1.807) is 24.3 Å². The smallest absolute Gasteiger partial charge is 0.0763 e. The Morgan fingerprint density at radius 3 is 2.29 bits per heavy atom. The van der Waals surface area contributed by atoms with Gasteiger partial charge >= 0.3 is 0 Å². The van der Waals surface area contributed by atoms with Crippen LogP contribution in [0.2, 0.25) is 10.0 Å². The zero-order valence-corrected chi connectivity index (χ0v) is 11.8. The van der Waals surface area contributed by atoms with E-state index in [-0.39, 0.29) is 0 Å². The molecule has 3 N–H and O–H groups in total. The highest BCUT2D eigenvalue weighted by atomic mass is 79.9. The second-order valence-electron chi connectivity index (χ2n) is 3.46. The lowest BCUT2D eigenvalue weighted by Crippen LogP contribution is -1.94. The van der Waals surface area contributed by atoms with Crippen LogP contribution in [0, 0.1) is 0 Å². The summed E-state index contributed by atoms with van der Waals surface area (Å²) in [5.41, 5.74) is 7.90. The molecule has 5 heteroatoms. The van der Waals surface area contributed by atoms with Crippen molar-refractivity contribution < 1.29 is 0 Å². The van der Waals surface area contributed by atoms with Crippen molar-refractivity contribution in [1.82, 2.24) is 0 Å². The fraction of sp³-hybridized carbons (Fsp3) is 0. The average molecular weight is 332 g/mol. The van der Waals surface area contributed by atoms with Crippen LogP contribution >= 0.6 is 39.1 Å². The molecule has 0 amide bonds. The summed E-state index contributed by atoms with van der Waals surface area (Å²) in [6.07, 6.45) is 0. The quantitative estimate of drug-likeness (QED) is 0.753. The minimum Gasteiger partial charge on any atom is -0.399 e. The molecule has 2 aromatic carbocycles. The second-order valence-corrected chi connectivity index (χ2v) is 5.13. The number of anilines is 3. The Kier molecular flexibility index (Phi) is 3.82. The van der Waals surface area contributed by atoms with Crippen molar-refractivity contribution in [3.63, 3.8) is 0 Å². The molecule has 0 saturated heterocycles. The van der Waals surface area contributed by atoms with Crippen LogP contribution in [0.25, 0.3) is 0 Å². The summed E-state index contributed by atoms with van der Waals surface area (Å²) in [5, 5.41) is 4.31. The normalized spacial score (nSPS) is 10.3. The Hall–Kier alpha value is -0.900. The van der Waals surface area contributed by atoms with Gasteiger partial charge in [-0.1, -0.05) is 29.3 Å². The van der Waals surface area contributed by atoms with Crippen LogP contribution < -0.4 is 11.1 Å². The Bertz CT molecular complexity index is 538. The lowest BCUT2D eigenvalue weighted by molar-refractivity contribution is 1.52. The summed E-state index contributed by atoms with van der Waals surface area (Å²) >= 11 is 15.6. The molecular formula is C12H9BrCl2N2. The highest BCUT2D eigenvalue weighted by molar-refractivity contribution is 9.10. The fourth-order valence-electron chi connectivity index (χ4n) is 1.38. The van der Waals surface area contributed by atoms with Gasteiger partial charge in [-0.25, -0.2) is 0 Å². The molecule has 2 aromatic rings. The number of halogens is 3. The Morgan fingerprint density at radius 1 is 1.06 bits per heavy atom. The molecule has 0 radical (unpaired) electrons. The molecule has 0 aliphatic carbocycles. The third kappa shape index (κ3) is 2.86. The van der Waals surface area contributed by atoms with Gasteiger partial charge in [-0.3, -0.25) is 0 Å². The van der Waals surface area contributed by atoms with Gasteiger partial charge in [0.2, 0.25) is 0 Å². The van der Waals surface area contributed by atoms with E-state index in [9.17, 15) is 0 Å². The van der Waals surface area contributed by atoms with Crippen LogP contribution in [0.3, 0.4) is 0 Å². The number of benzene rings is 2. The van der Waals surface area contributed by atoms with E-state index in [1.165, 1.54) is 0 Å². The average Bonchev–Trinajstić information content (AvgIpc) is 2.26. The first-order chi connectivity index (χ1) is 8.08. The standard InChI is InChI=1S/C12H9BrCl2N2/c13-8-6-7(16)4-5-11(8)17-12-9(14)2-1-3-10(12)15/h1-6,17H,16H2. The topological polar surface area (TPSA) is 38.0 Å². The molecule has 17 heavy (non-hydrogen) atoms. The van der Waals surface area contributed by atoms with Crippen LogP contribution in [-0.2, 0) is 0 Å². The van der Waals surface area contributed by atoms with Crippen molar-refractivity contribution in [1.29, 1.82) is 0 Å². The number of nitrogen functional groups attached to an aromatic ring is 1. The van der Waals surface area contributed by atoms with E-state index in [2.05, 4.69) is 21.2 Å². The number of rotatable bonds is 2. The third-order valence-electron chi connectivity index (χ3n) is 2.22. The van der Waals surface area contributed by atoms with E-state index in [0.717, 1.165) is 10.2 Å². The van der Waals surface area contributed by atoms with Crippen LogP contribution in [0.4, 0.5) is 17.1 Å². The zero-order chi connectivity index (χ0) is 12.4. The molecule has 0 fully saturated rings. The Morgan fingerprint density at radius 2 is 1.71 bits per heavy atom. The summed E-state index contributed by atoms with van der Waals surface area (Å²) in [6.45, 7) is 0. The van der Waals surface area contributed by atoms with E-state index >= 15 is 0 Å². The van der Waals surface area contributed by atoms with Crippen molar-refractivity contribution in [3.8, 4) is 0 Å². The number of hydrogen-bond donors (Lipinski definition) is 2. The van der Waals surface area contributed by atoms with Gasteiger partial charge in [0.25, 0.3) is 0 Å². The fourth-order valence-corrected chi connectivity index (χ4v) is 2.37. The SMILES string of the molecule is Nc1ccc(Nc2c(Cl)cccc2Cl)c(Br)c1. The Labute approximate surface area is 118 Å². The van der Waals surface area contributed by atoms with Crippen LogP contribution in [-0.4, -0.2) is 0 Å². The molecule has 0 bridgehead atoms. The molecule has 0 aliphatic heterocycles. The van der Waals surface area contributed by atoms with Gasteiger partial charge in [0.15, 0.2) is 0 Å². The van der Waals surface area contributed by atoms with Gasteiger partial charge in [0.1, 0.15) is 0 Å². The maximum Gasteiger partial charge on any atom is 0.0763 e. The summed E-state index contributed by atoms with van der Waals surface area (Å²) in [6, 6.07) is 10.8. The van der Waals surface area contributed by atoms with Crippen molar-refractivity contribution in [3.05, 3.63) is 50.9 Å². The molecule has 0 aromatic heterocycles. The van der Waals surface area contributed by atoms with Gasteiger partial charge in [-0.05, 0) is 46.3 Å². The van der Waals surface area contributed by atoms with E-state index in [0.29, 0.717) is 21.4 Å². The summed E-state index contributed by atoms with van der Waals surface area (Å²) in [7, 11) is 0. The first kappa shape index (κ1) is 12.6. The first-order valence-corrected chi connectivity index (χ1v) is 6.39. The van der Waals surface area contributed by atoms with E-state index < -0.39 is 0 Å². The number of para-hydroxylation sites is 1. The van der Waals surface area contributed by atoms with Gasteiger partial charge in [0.05, 0.1) is 21.4 Å².